The molecule has 1 amide bonds. The third-order valence-corrected chi connectivity index (χ3v) is 5.58. The lowest BCUT2D eigenvalue weighted by Crippen LogP contribution is -3.11. The zero-order valence-electron chi connectivity index (χ0n) is 13.9. The lowest BCUT2D eigenvalue weighted by atomic mass is 9.89. The zero-order chi connectivity index (χ0) is 16.8. The Morgan fingerprint density at radius 1 is 1.38 bits per heavy atom. The molecule has 2 aliphatic heterocycles. The number of rotatable bonds is 1. The minimum atomic E-state index is -0.0368. The molecule has 2 aromatic rings. The summed E-state index contributed by atoms with van der Waals surface area (Å²) in [6.07, 6.45) is 2.62. The summed E-state index contributed by atoms with van der Waals surface area (Å²) in [6, 6.07) is 10.2. The highest BCUT2D eigenvalue weighted by atomic mass is 35.5. The van der Waals surface area contributed by atoms with E-state index in [1.165, 1.54) is 16.0 Å². The van der Waals surface area contributed by atoms with Gasteiger partial charge in [0.1, 0.15) is 5.15 Å². The van der Waals surface area contributed by atoms with Crippen molar-refractivity contribution in [3.8, 4) is 0 Å². The standard InChI is InChI=1S/C19H20ClN3O/c1-12-5-6-16-14(10-12)15-11-22(2)9-7-17(15)23(16)19(24)13-4-3-8-21-18(13)20/h3-6,8,10,15,17H,7,9,11H2,1-2H3/p+1/t15-,17-/m0/s1. The highest BCUT2D eigenvalue weighted by Gasteiger charge is 2.46. The summed E-state index contributed by atoms with van der Waals surface area (Å²) < 4.78 is 0. The summed E-state index contributed by atoms with van der Waals surface area (Å²) in [5.74, 6) is 0.360. The van der Waals surface area contributed by atoms with Crippen LogP contribution in [0.15, 0.2) is 36.5 Å². The van der Waals surface area contributed by atoms with Gasteiger partial charge in [-0.25, -0.2) is 4.98 Å². The zero-order valence-corrected chi connectivity index (χ0v) is 14.7. The predicted octanol–water partition coefficient (Wildman–Crippen LogP) is 2.07. The number of nitrogens with one attached hydrogen (secondary N) is 1. The average molecular weight is 343 g/mol. The molecule has 3 heterocycles. The number of likely N-dealkylation sites (tertiary alicyclic amines) is 1. The molecule has 2 aliphatic rings. The number of carbonyl (C=O) groups is 1. The number of piperidine rings is 1. The average Bonchev–Trinajstić information content (AvgIpc) is 2.88. The second-order valence-electron chi connectivity index (χ2n) is 6.95. The molecule has 1 unspecified atom stereocenters. The van der Waals surface area contributed by atoms with Crippen molar-refractivity contribution in [1.29, 1.82) is 0 Å². The molecule has 1 N–H and O–H groups in total. The number of amides is 1. The van der Waals surface area contributed by atoms with Crippen LogP contribution in [-0.4, -0.2) is 37.1 Å². The van der Waals surface area contributed by atoms with Crippen molar-refractivity contribution in [2.24, 2.45) is 0 Å². The van der Waals surface area contributed by atoms with Crippen LogP contribution < -0.4 is 9.80 Å². The van der Waals surface area contributed by atoms with Crippen LogP contribution in [0, 0.1) is 6.92 Å². The topological polar surface area (TPSA) is 37.6 Å². The Morgan fingerprint density at radius 3 is 3.00 bits per heavy atom. The number of hydrogen-bond acceptors (Lipinski definition) is 2. The largest absolute Gasteiger partial charge is 0.337 e. The number of quaternary nitrogens is 1. The van der Waals surface area contributed by atoms with E-state index in [2.05, 4.69) is 37.2 Å². The van der Waals surface area contributed by atoms with E-state index in [4.69, 9.17) is 11.6 Å². The normalized spacial score (nSPS) is 25.3. The van der Waals surface area contributed by atoms with Gasteiger partial charge in [-0.15, -0.1) is 0 Å². The van der Waals surface area contributed by atoms with Crippen molar-refractivity contribution in [3.05, 3.63) is 58.4 Å². The summed E-state index contributed by atoms with van der Waals surface area (Å²) >= 11 is 6.19. The number of benzene rings is 1. The SMILES string of the molecule is Cc1ccc2c(c1)[C@@H]1C[NH+](C)CC[C@@H]1N2C(=O)c1cccnc1Cl. The van der Waals surface area contributed by atoms with Crippen LogP contribution in [0.1, 0.15) is 33.8 Å². The van der Waals surface area contributed by atoms with Gasteiger partial charge in [-0.1, -0.05) is 29.3 Å². The second-order valence-corrected chi connectivity index (χ2v) is 7.31. The van der Waals surface area contributed by atoms with E-state index >= 15 is 0 Å². The molecule has 4 rings (SSSR count). The smallest absolute Gasteiger partial charge is 0.261 e. The Hall–Kier alpha value is -1.91. The highest BCUT2D eigenvalue weighted by molar-refractivity contribution is 6.33. The summed E-state index contributed by atoms with van der Waals surface area (Å²) in [6.45, 7) is 4.25. The van der Waals surface area contributed by atoms with Gasteiger partial charge in [0.05, 0.1) is 37.7 Å². The number of halogens is 1. The Morgan fingerprint density at radius 2 is 2.21 bits per heavy atom. The van der Waals surface area contributed by atoms with Gasteiger partial charge in [0, 0.05) is 18.3 Å². The van der Waals surface area contributed by atoms with E-state index in [9.17, 15) is 4.79 Å². The van der Waals surface area contributed by atoms with Crippen molar-refractivity contribution < 1.29 is 9.69 Å². The van der Waals surface area contributed by atoms with Crippen LogP contribution in [0.4, 0.5) is 5.69 Å². The first-order valence-electron chi connectivity index (χ1n) is 8.42. The number of nitrogens with zero attached hydrogens (tertiary/aromatic N) is 2. The highest BCUT2D eigenvalue weighted by Crippen LogP contribution is 2.43. The molecule has 5 heteroatoms. The second kappa shape index (κ2) is 5.87. The molecule has 0 bridgehead atoms. The summed E-state index contributed by atoms with van der Waals surface area (Å²) in [4.78, 5) is 20.8. The molecular formula is C19H21ClN3O+. The molecule has 0 saturated carbocycles. The van der Waals surface area contributed by atoms with Crippen molar-refractivity contribution in [2.45, 2.75) is 25.3 Å². The first-order chi connectivity index (χ1) is 11.6. The van der Waals surface area contributed by atoms with Crippen molar-refractivity contribution >= 4 is 23.2 Å². The minimum Gasteiger partial charge on any atom is -0.337 e. The number of likely N-dealkylation sites (N-methyl/N-ethyl adjacent to an activating group) is 1. The number of pyridine rings is 1. The minimum absolute atomic E-state index is 0.0368. The van der Waals surface area contributed by atoms with Crippen molar-refractivity contribution in [3.63, 3.8) is 0 Å². The summed E-state index contributed by atoms with van der Waals surface area (Å²) in [5.41, 5.74) is 4.06. The summed E-state index contributed by atoms with van der Waals surface area (Å²) in [5, 5.41) is 0.276. The Labute approximate surface area is 147 Å². The molecule has 124 valence electrons. The van der Waals surface area contributed by atoms with Gasteiger partial charge in [0.2, 0.25) is 0 Å². The number of hydrogen-bond donors (Lipinski definition) is 1. The Balaban J connectivity index is 1.81. The van der Waals surface area contributed by atoms with Crippen LogP contribution in [0.3, 0.4) is 0 Å². The number of fused-ring (bicyclic) bond motifs is 3. The molecule has 0 aliphatic carbocycles. The monoisotopic (exact) mass is 342 g/mol. The molecule has 1 saturated heterocycles. The van der Waals surface area contributed by atoms with E-state index < -0.39 is 0 Å². The van der Waals surface area contributed by atoms with E-state index in [0.29, 0.717) is 11.5 Å². The lowest BCUT2D eigenvalue weighted by Gasteiger charge is -2.34. The van der Waals surface area contributed by atoms with Crippen LogP contribution >= 0.6 is 11.6 Å². The Bertz CT molecular complexity index is 807. The fourth-order valence-corrected chi connectivity index (χ4v) is 4.34. The van der Waals surface area contributed by atoms with Crippen molar-refractivity contribution in [2.75, 3.05) is 25.0 Å². The van der Waals surface area contributed by atoms with Crippen LogP contribution in [0.5, 0.6) is 0 Å². The number of carbonyl (C=O) groups excluding carboxylic acids is 1. The van der Waals surface area contributed by atoms with Gasteiger partial charge in [0.15, 0.2) is 0 Å². The number of aryl methyl sites for hydroxylation is 1. The quantitative estimate of drug-likeness (QED) is 0.806. The maximum absolute atomic E-state index is 13.2. The van der Waals surface area contributed by atoms with Crippen LogP contribution in [-0.2, 0) is 0 Å². The maximum atomic E-state index is 13.2. The first-order valence-corrected chi connectivity index (χ1v) is 8.80. The van der Waals surface area contributed by atoms with Gasteiger partial charge < -0.3 is 9.80 Å². The molecule has 1 aromatic carbocycles. The molecule has 1 aromatic heterocycles. The Kier molecular flexibility index (Phi) is 3.82. The van der Waals surface area contributed by atoms with E-state index in [1.54, 1.807) is 18.3 Å². The molecule has 0 radical (unpaired) electrons. The molecule has 0 spiro atoms. The third-order valence-electron chi connectivity index (χ3n) is 5.28. The molecule has 3 atom stereocenters. The van der Waals surface area contributed by atoms with Gasteiger partial charge >= 0.3 is 0 Å². The number of aromatic nitrogens is 1. The summed E-state index contributed by atoms with van der Waals surface area (Å²) in [7, 11) is 2.23. The number of anilines is 1. The lowest BCUT2D eigenvalue weighted by molar-refractivity contribution is -0.886. The van der Waals surface area contributed by atoms with Crippen LogP contribution in [0.25, 0.3) is 0 Å². The molecule has 24 heavy (non-hydrogen) atoms. The van der Waals surface area contributed by atoms with E-state index in [1.807, 2.05) is 4.90 Å². The fraction of sp³-hybridized carbons (Fsp3) is 0.368. The maximum Gasteiger partial charge on any atom is 0.261 e. The van der Waals surface area contributed by atoms with Gasteiger partial charge in [0.25, 0.3) is 5.91 Å². The third kappa shape index (κ3) is 2.41. The first kappa shape index (κ1) is 15.6. The van der Waals surface area contributed by atoms with E-state index in [-0.39, 0.29) is 17.1 Å². The predicted molar refractivity (Wildman–Crippen MR) is 95.0 cm³/mol. The van der Waals surface area contributed by atoms with Crippen molar-refractivity contribution in [1.82, 2.24) is 4.98 Å². The van der Waals surface area contributed by atoms with Gasteiger partial charge in [-0.05, 0) is 30.7 Å². The fourth-order valence-electron chi connectivity index (χ4n) is 4.14. The molecule has 1 fully saturated rings. The molecule has 4 nitrogen and oxygen atoms in total. The van der Waals surface area contributed by atoms with Crippen LogP contribution in [0.2, 0.25) is 5.15 Å². The van der Waals surface area contributed by atoms with Gasteiger partial charge in [-0.2, -0.15) is 0 Å². The van der Waals surface area contributed by atoms with E-state index in [0.717, 1.165) is 25.2 Å². The molecular weight excluding hydrogens is 322 g/mol. The van der Waals surface area contributed by atoms with Gasteiger partial charge in [-0.3, -0.25) is 4.79 Å².